The number of nitrogens with one attached hydrogen (secondary N) is 1. The normalized spacial score (nSPS) is 32.6. The summed E-state index contributed by atoms with van der Waals surface area (Å²) in [7, 11) is 0. The average molecular weight is 313 g/mol. The van der Waals surface area contributed by atoms with Crippen molar-refractivity contribution in [2.75, 3.05) is 19.3 Å². The van der Waals surface area contributed by atoms with Gasteiger partial charge in [0.2, 0.25) is 5.91 Å². The van der Waals surface area contributed by atoms with Crippen LogP contribution in [0.3, 0.4) is 0 Å². The molecule has 0 aromatic carbocycles. The maximum atomic E-state index is 12.8. The molecule has 2 aliphatic carbocycles. The summed E-state index contributed by atoms with van der Waals surface area (Å²) in [5.41, 5.74) is 5.70. The summed E-state index contributed by atoms with van der Waals surface area (Å²) < 4.78 is 0.270. The van der Waals surface area contributed by atoms with E-state index in [9.17, 15) is 4.79 Å². The molecule has 0 radical (unpaired) electrons. The van der Waals surface area contributed by atoms with Gasteiger partial charge in [-0.15, -0.1) is 0 Å². The van der Waals surface area contributed by atoms with Crippen LogP contribution in [0.5, 0.6) is 0 Å². The van der Waals surface area contributed by atoms with E-state index in [4.69, 9.17) is 5.73 Å². The van der Waals surface area contributed by atoms with Crippen molar-refractivity contribution in [3.8, 4) is 0 Å². The van der Waals surface area contributed by atoms with E-state index >= 15 is 0 Å². The standard InChI is InChI=1S/C17H32N2OS/c1-14-6-10-16(12-18,11-7-14)15(20)19-13-17(21-2)8-4-3-5-9-17/h14H,3-13,18H2,1-2H3,(H,19,20). The molecule has 0 heterocycles. The Morgan fingerprint density at radius 3 is 2.33 bits per heavy atom. The number of nitrogens with two attached hydrogens (primary N) is 1. The first-order valence-corrected chi connectivity index (χ1v) is 9.82. The minimum Gasteiger partial charge on any atom is -0.354 e. The van der Waals surface area contributed by atoms with Gasteiger partial charge in [0.15, 0.2) is 0 Å². The summed E-state index contributed by atoms with van der Waals surface area (Å²) in [5, 5.41) is 3.28. The van der Waals surface area contributed by atoms with Gasteiger partial charge in [0.05, 0.1) is 5.41 Å². The van der Waals surface area contributed by atoms with Gasteiger partial charge in [-0.3, -0.25) is 4.79 Å². The fraction of sp³-hybridized carbons (Fsp3) is 0.941. The second-order valence-electron chi connectivity index (χ2n) is 7.30. The molecule has 0 unspecified atom stereocenters. The summed E-state index contributed by atoms with van der Waals surface area (Å²) in [6, 6.07) is 0. The number of thioether (sulfide) groups is 1. The maximum absolute atomic E-state index is 12.8. The molecule has 0 aliphatic heterocycles. The lowest BCUT2D eigenvalue weighted by atomic mass is 9.70. The van der Waals surface area contributed by atoms with Crippen molar-refractivity contribution in [3.05, 3.63) is 0 Å². The topological polar surface area (TPSA) is 55.1 Å². The quantitative estimate of drug-likeness (QED) is 0.819. The van der Waals surface area contributed by atoms with Crippen molar-refractivity contribution in [3.63, 3.8) is 0 Å². The third-order valence-electron chi connectivity index (χ3n) is 5.87. The van der Waals surface area contributed by atoms with Crippen molar-refractivity contribution < 1.29 is 4.79 Å². The van der Waals surface area contributed by atoms with Crippen LogP contribution in [0.2, 0.25) is 0 Å². The molecule has 3 nitrogen and oxygen atoms in total. The molecular formula is C17H32N2OS. The van der Waals surface area contributed by atoms with Crippen LogP contribution in [0.15, 0.2) is 0 Å². The molecular weight excluding hydrogens is 280 g/mol. The molecule has 2 rings (SSSR count). The van der Waals surface area contributed by atoms with E-state index in [1.165, 1.54) is 32.1 Å². The average Bonchev–Trinajstić information content (AvgIpc) is 2.54. The van der Waals surface area contributed by atoms with Gasteiger partial charge in [-0.05, 0) is 50.7 Å². The zero-order chi connectivity index (χ0) is 15.3. The van der Waals surface area contributed by atoms with E-state index in [0.29, 0.717) is 6.54 Å². The molecule has 1 amide bonds. The van der Waals surface area contributed by atoms with E-state index < -0.39 is 0 Å². The van der Waals surface area contributed by atoms with Crippen LogP contribution in [0.25, 0.3) is 0 Å². The first-order valence-electron chi connectivity index (χ1n) is 8.59. The lowest BCUT2D eigenvalue weighted by Gasteiger charge is -2.40. The smallest absolute Gasteiger partial charge is 0.227 e. The molecule has 0 aromatic rings. The second kappa shape index (κ2) is 7.36. The monoisotopic (exact) mass is 312 g/mol. The predicted molar refractivity (Wildman–Crippen MR) is 91.5 cm³/mol. The lowest BCUT2D eigenvalue weighted by molar-refractivity contribution is -0.133. The van der Waals surface area contributed by atoms with Gasteiger partial charge in [-0.2, -0.15) is 11.8 Å². The number of carbonyl (C=O) groups is 1. The first kappa shape index (κ1) is 17.1. The summed E-state index contributed by atoms with van der Waals surface area (Å²) in [6.07, 6.45) is 12.8. The highest BCUT2D eigenvalue weighted by Gasteiger charge is 2.41. The van der Waals surface area contributed by atoms with Crippen LogP contribution in [-0.4, -0.2) is 30.0 Å². The van der Waals surface area contributed by atoms with Crippen LogP contribution in [0.1, 0.15) is 64.7 Å². The van der Waals surface area contributed by atoms with E-state index in [0.717, 1.165) is 38.1 Å². The van der Waals surface area contributed by atoms with Crippen molar-refractivity contribution in [1.29, 1.82) is 0 Å². The molecule has 4 heteroatoms. The third-order valence-corrected chi connectivity index (χ3v) is 7.29. The number of hydrogen-bond acceptors (Lipinski definition) is 3. The minimum absolute atomic E-state index is 0.218. The third kappa shape index (κ3) is 3.95. The van der Waals surface area contributed by atoms with Crippen molar-refractivity contribution >= 4 is 17.7 Å². The highest BCUT2D eigenvalue weighted by Crippen LogP contribution is 2.40. The van der Waals surface area contributed by atoms with Gasteiger partial charge >= 0.3 is 0 Å². The second-order valence-corrected chi connectivity index (χ2v) is 8.57. The van der Waals surface area contributed by atoms with Crippen molar-refractivity contribution in [2.24, 2.45) is 17.1 Å². The van der Waals surface area contributed by atoms with Crippen LogP contribution >= 0.6 is 11.8 Å². The van der Waals surface area contributed by atoms with E-state index in [1.807, 2.05) is 11.8 Å². The molecule has 0 bridgehead atoms. The molecule has 2 fully saturated rings. The number of rotatable bonds is 5. The fourth-order valence-corrected chi connectivity index (χ4v) is 4.83. The predicted octanol–water partition coefficient (Wildman–Crippen LogP) is 3.32. The highest BCUT2D eigenvalue weighted by molar-refractivity contribution is 8.00. The molecule has 0 aromatic heterocycles. The molecule has 2 aliphatic rings. The summed E-state index contributed by atoms with van der Waals surface area (Å²) in [6.45, 7) is 3.60. The van der Waals surface area contributed by atoms with E-state index in [2.05, 4.69) is 18.5 Å². The van der Waals surface area contributed by atoms with Crippen LogP contribution in [-0.2, 0) is 4.79 Å². The molecule has 21 heavy (non-hydrogen) atoms. The first-order chi connectivity index (χ1) is 10.1. The molecule has 2 saturated carbocycles. The zero-order valence-electron chi connectivity index (χ0n) is 13.7. The Morgan fingerprint density at radius 1 is 1.19 bits per heavy atom. The Bertz CT molecular complexity index is 345. The molecule has 0 saturated heterocycles. The summed E-state index contributed by atoms with van der Waals surface area (Å²) in [4.78, 5) is 12.8. The molecule has 122 valence electrons. The SMILES string of the molecule is CSC1(CNC(=O)C2(CN)CCC(C)CC2)CCCCC1. The van der Waals surface area contributed by atoms with Gasteiger partial charge in [0, 0.05) is 17.8 Å². The number of hydrogen-bond donors (Lipinski definition) is 2. The summed E-state index contributed by atoms with van der Waals surface area (Å²) in [5.74, 6) is 0.962. The highest BCUT2D eigenvalue weighted by atomic mass is 32.2. The van der Waals surface area contributed by atoms with Gasteiger partial charge < -0.3 is 11.1 Å². The Morgan fingerprint density at radius 2 is 1.81 bits per heavy atom. The van der Waals surface area contributed by atoms with Gasteiger partial charge in [-0.1, -0.05) is 26.2 Å². The largest absolute Gasteiger partial charge is 0.354 e. The molecule has 3 N–H and O–H groups in total. The Labute approximate surface area is 134 Å². The molecule has 0 atom stereocenters. The Kier molecular flexibility index (Phi) is 6.01. The van der Waals surface area contributed by atoms with Crippen LogP contribution in [0, 0.1) is 11.3 Å². The summed E-state index contributed by atoms with van der Waals surface area (Å²) >= 11 is 1.94. The number of amides is 1. The van der Waals surface area contributed by atoms with Crippen LogP contribution < -0.4 is 11.1 Å². The van der Waals surface area contributed by atoms with Crippen LogP contribution in [0.4, 0.5) is 0 Å². The lowest BCUT2D eigenvalue weighted by Crippen LogP contribution is -2.51. The zero-order valence-corrected chi connectivity index (χ0v) is 14.6. The van der Waals surface area contributed by atoms with E-state index in [-0.39, 0.29) is 16.1 Å². The molecule has 0 spiro atoms. The van der Waals surface area contributed by atoms with Gasteiger partial charge in [0.1, 0.15) is 0 Å². The minimum atomic E-state index is -0.291. The Balaban J connectivity index is 1.93. The van der Waals surface area contributed by atoms with Gasteiger partial charge in [-0.25, -0.2) is 0 Å². The fourth-order valence-electron chi connectivity index (χ4n) is 3.92. The maximum Gasteiger partial charge on any atom is 0.227 e. The Hall–Kier alpha value is -0.220. The van der Waals surface area contributed by atoms with E-state index in [1.54, 1.807) is 0 Å². The van der Waals surface area contributed by atoms with Gasteiger partial charge in [0.25, 0.3) is 0 Å². The number of carbonyl (C=O) groups excluding carboxylic acids is 1. The van der Waals surface area contributed by atoms with Crippen molar-refractivity contribution in [1.82, 2.24) is 5.32 Å². The van der Waals surface area contributed by atoms with Crippen molar-refractivity contribution in [2.45, 2.75) is 69.5 Å².